The number of anilines is 1. The zero-order valence-electron chi connectivity index (χ0n) is 10.6. The Morgan fingerprint density at radius 1 is 1.20 bits per heavy atom. The summed E-state index contributed by atoms with van der Waals surface area (Å²) in [5.41, 5.74) is 5.59. The molecule has 0 saturated heterocycles. The number of nitrogens with two attached hydrogens (primary N) is 1. The van der Waals surface area contributed by atoms with Gasteiger partial charge in [0.1, 0.15) is 21.4 Å². The van der Waals surface area contributed by atoms with Gasteiger partial charge in [-0.05, 0) is 24.3 Å². The number of hydrogen-bond acceptors (Lipinski definition) is 5. The maximum atomic E-state index is 12.6. The van der Waals surface area contributed by atoms with Gasteiger partial charge in [-0.15, -0.1) is 0 Å². The fourth-order valence-electron chi connectivity index (χ4n) is 1.59. The SMILES string of the molecule is CN(c1ccccn1)S(=O)(=O)c1cccnc1C(N)=S. The Morgan fingerprint density at radius 3 is 2.50 bits per heavy atom. The molecule has 0 unspecified atom stereocenters. The second-order valence-electron chi connectivity index (χ2n) is 3.87. The molecule has 0 radical (unpaired) electrons. The van der Waals surface area contributed by atoms with Gasteiger partial charge in [-0.25, -0.2) is 13.4 Å². The van der Waals surface area contributed by atoms with E-state index >= 15 is 0 Å². The van der Waals surface area contributed by atoms with Crippen LogP contribution in [0.4, 0.5) is 5.82 Å². The van der Waals surface area contributed by atoms with Crippen LogP contribution in [0.1, 0.15) is 5.69 Å². The Kier molecular flexibility index (Phi) is 3.96. The number of hydrogen-bond donors (Lipinski definition) is 1. The van der Waals surface area contributed by atoms with Gasteiger partial charge in [-0.2, -0.15) is 0 Å². The van der Waals surface area contributed by atoms with E-state index < -0.39 is 10.0 Å². The summed E-state index contributed by atoms with van der Waals surface area (Å²) in [5, 5.41) is 0. The number of aromatic nitrogens is 2. The zero-order valence-corrected chi connectivity index (χ0v) is 12.2. The molecule has 0 saturated carbocycles. The highest BCUT2D eigenvalue weighted by Gasteiger charge is 2.26. The van der Waals surface area contributed by atoms with Crippen LogP contribution < -0.4 is 10.0 Å². The molecule has 0 aromatic carbocycles. The molecule has 0 aliphatic carbocycles. The highest BCUT2D eigenvalue weighted by Crippen LogP contribution is 2.21. The third kappa shape index (κ3) is 2.61. The van der Waals surface area contributed by atoms with Crippen molar-refractivity contribution in [2.24, 2.45) is 5.73 Å². The van der Waals surface area contributed by atoms with E-state index in [0.29, 0.717) is 5.82 Å². The van der Waals surface area contributed by atoms with Crippen molar-refractivity contribution in [2.45, 2.75) is 4.90 Å². The predicted molar refractivity (Wildman–Crippen MR) is 80.0 cm³/mol. The van der Waals surface area contributed by atoms with Crippen LogP contribution in [-0.2, 0) is 10.0 Å². The van der Waals surface area contributed by atoms with E-state index in [4.69, 9.17) is 18.0 Å². The molecule has 2 rings (SSSR count). The summed E-state index contributed by atoms with van der Waals surface area (Å²) in [7, 11) is -2.42. The topological polar surface area (TPSA) is 89.2 Å². The van der Waals surface area contributed by atoms with E-state index in [0.717, 1.165) is 4.31 Å². The number of sulfonamides is 1. The average Bonchev–Trinajstić information content (AvgIpc) is 2.47. The molecule has 0 aliphatic rings. The maximum Gasteiger partial charge on any atom is 0.267 e. The first-order valence-corrected chi connectivity index (χ1v) is 7.44. The van der Waals surface area contributed by atoms with Crippen LogP contribution in [-0.4, -0.2) is 30.4 Å². The fourth-order valence-corrected chi connectivity index (χ4v) is 3.13. The van der Waals surface area contributed by atoms with Gasteiger partial charge >= 0.3 is 0 Å². The number of thiocarbonyl (C=S) groups is 1. The van der Waals surface area contributed by atoms with Gasteiger partial charge in [-0.3, -0.25) is 9.29 Å². The summed E-state index contributed by atoms with van der Waals surface area (Å²) in [6.07, 6.45) is 2.95. The predicted octanol–water partition coefficient (Wildman–Crippen LogP) is 0.936. The van der Waals surface area contributed by atoms with E-state index in [1.807, 2.05) is 0 Å². The Morgan fingerprint density at radius 2 is 1.90 bits per heavy atom. The molecule has 0 bridgehead atoms. The second-order valence-corrected chi connectivity index (χ2v) is 6.25. The van der Waals surface area contributed by atoms with E-state index in [1.165, 1.54) is 31.6 Å². The Balaban J connectivity index is 2.54. The van der Waals surface area contributed by atoms with Crippen LogP contribution in [0, 0.1) is 0 Å². The molecule has 2 aromatic rings. The molecule has 8 heteroatoms. The molecule has 20 heavy (non-hydrogen) atoms. The molecular weight excluding hydrogens is 296 g/mol. The van der Waals surface area contributed by atoms with Crippen molar-refractivity contribution < 1.29 is 8.42 Å². The van der Waals surface area contributed by atoms with Crippen molar-refractivity contribution in [1.29, 1.82) is 0 Å². The largest absolute Gasteiger partial charge is 0.388 e. The summed E-state index contributed by atoms with van der Waals surface area (Å²) >= 11 is 4.84. The van der Waals surface area contributed by atoms with Crippen LogP contribution >= 0.6 is 12.2 Å². The lowest BCUT2D eigenvalue weighted by Crippen LogP contribution is -2.30. The molecule has 2 N–H and O–H groups in total. The summed E-state index contributed by atoms with van der Waals surface area (Å²) in [6.45, 7) is 0. The van der Waals surface area contributed by atoms with Crippen molar-refractivity contribution in [3.63, 3.8) is 0 Å². The average molecular weight is 308 g/mol. The molecular formula is C12H12N4O2S2. The molecule has 0 spiro atoms. The van der Waals surface area contributed by atoms with Gasteiger partial charge in [0.15, 0.2) is 0 Å². The fraction of sp³-hybridized carbons (Fsp3) is 0.0833. The normalized spacial score (nSPS) is 11.1. The van der Waals surface area contributed by atoms with Crippen LogP contribution in [0.5, 0.6) is 0 Å². The molecule has 2 aromatic heterocycles. The van der Waals surface area contributed by atoms with Crippen LogP contribution in [0.25, 0.3) is 0 Å². The van der Waals surface area contributed by atoms with Crippen LogP contribution in [0.2, 0.25) is 0 Å². The second kappa shape index (κ2) is 5.51. The van der Waals surface area contributed by atoms with Gasteiger partial charge in [0.05, 0.1) is 0 Å². The summed E-state index contributed by atoms with van der Waals surface area (Å²) in [5.74, 6) is 0.297. The first kappa shape index (κ1) is 14.4. The van der Waals surface area contributed by atoms with E-state index in [2.05, 4.69) is 9.97 Å². The minimum absolute atomic E-state index is 0.0411. The lowest BCUT2D eigenvalue weighted by atomic mass is 10.3. The highest BCUT2D eigenvalue weighted by molar-refractivity contribution is 7.93. The highest BCUT2D eigenvalue weighted by atomic mass is 32.2. The standard InChI is InChI=1S/C12H12N4O2S2/c1-16(10-6-2-3-7-14-10)20(17,18)9-5-4-8-15-11(9)12(13)19/h2-8H,1H3,(H2,13,19). The monoisotopic (exact) mass is 308 g/mol. The molecule has 0 aliphatic heterocycles. The van der Waals surface area contributed by atoms with Crippen molar-refractivity contribution in [1.82, 2.24) is 9.97 Å². The van der Waals surface area contributed by atoms with Crippen molar-refractivity contribution >= 4 is 33.0 Å². The molecule has 6 nitrogen and oxygen atoms in total. The molecule has 0 amide bonds. The Labute approximate surface area is 122 Å². The summed E-state index contributed by atoms with van der Waals surface area (Å²) in [4.78, 5) is 7.82. The van der Waals surface area contributed by atoms with Crippen LogP contribution in [0.3, 0.4) is 0 Å². The van der Waals surface area contributed by atoms with Gasteiger partial charge < -0.3 is 5.73 Å². The van der Waals surface area contributed by atoms with E-state index in [1.54, 1.807) is 18.2 Å². The lowest BCUT2D eigenvalue weighted by molar-refractivity contribution is 0.593. The minimum Gasteiger partial charge on any atom is -0.388 e. The first-order chi connectivity index (χ1) is 9.44. The number of pyridine rings is 2. The van der Waals surface area contributed by atoms with Crippen LogP contribution in [0.15, 0.2) is 47.6 Å². The Hall–Kier alpha value is -2.06. The zero-order chi connectivity index (χ0) is 14.8. The molecule has 0 fully saturated rings. The third-order valence-corrected chi connectivity index (χ3v) is 4.60. The maximum absolute atomic E-state index is 12.6. The number of rotatable bonds is 4. The lowest BCUT2D eigenvalue weighted by Gasteiger charge is -2.19. The van der Waals surface area contributed by atoms with Crippen molar-refractivity contribution in [2.75, 3.05) is 11.4 Å². The van der Waals surface area contributed by atoms with Crippen molar-refractivity contribution in [3.05, 3.63) is 48.4 Å². The molecule has 2 heterocycles. The first-order valence-electron chi connectivity index (χ1n) is 5.59. The summed E-state index contributed by atoms with van der Waals surface area (Å²) in [6, 6.07) is 7.92. The third-order valence-electron chi connectivity index (χ3n) is 2.61. The van der Waals surface area contributed by atoms with Gasteiger partial charge in [-0.1, -0.05) is 18.3 Å². The minimum atomic E-state index is -3.83. The van der Waals surface area contributed by atoms with Crippen molar-refractivity contribution in [3.8, 4) is 0 Å². The quantitative estimate of drug-likeness (QED) is 0.845. The molecule has 104 valence electrons. The van der Waals surface area contributed by atoms with Gasteiger partial charge in [0.2, 0.25) is 0 Å². The molecule has 0 atom stereocenters. The van der Waals surface area contributed by atoms with Gasteiger partial charge in [0, 0.05) is 19.4 Å². The van der Waals surface area contributed by atoms with Gasteiger partial charge in [0.25, 0.3) is 10.0 Å². The van der Waals surface area contributed by atoms with E-state index in [9.17, 15) is 8.42 Å². The summed E-state index contributed by atoms with van der Waals surface area (Å²) < 4.78 is 26.2. The van der Waals surface area contributed by atoms with E-state index in [-0.39, 0.29) is 15.6 Å². The Bertz CT molecular complexity index is 732. The smallest absolute Gasteiger partial charge is 0.267 e. The number of nitrogens with zero attached hydrogens (tertiary/aromatic N) is 3.